The van der Waals surface area contributed by atoms with Gasteiger partial charge in [0.1, 0.15) is 19.4 Å². The van der Waals surface area contributed by atoms with E-state index in [-0.39, 0.29) is 0 Å². The standard InChI is InChI=1S/C22H26N8O2S2/c33-21-26-24-14-29(21)19-8-4-6-17(12-19)23-16-31-10-2-1-3-11-32-28-18-7-5-9-20(13-18)30-15-25-27-22(30)34/h4-9,12-15,23,28H,1-3,10-11,16H2,(H,26,33)(H,27,34). The number of rotatable bonds is 13. The zero-order valence-corrected chi connectivity index (χ0v) is 20.2. The molecule has 0 aliphatic heterocycles. The maximum Gasteiger partial charge on any atom is 0.192 e. The summed E-state index contributed by atoms with van der Waals surface area (Å²) in [6, 6.07) is 15.7. The van der Waals surface area contributed by atoms with Gasteiger partial charge in [0.15, 0.2) is 10.3 Å². The molecule has 0 unspecified atom stereocenters. The summed E-state index contributed by atoms with van der Waals surface area (Å²) in [4.78, 5) is 5.58. The summed E-state index contributed by atoms with van der Waals surface area (Å²) in [5.41, 5.74) is 6.63. The second-order valence-electron chi connectivity index (χ2n) is 7.34. The van der Waals surface area contributed by atoms with Crippen molar-refractivity contribution in [3.8, 4) is 11.4 Å². The second kappa shape index (κ2) is 12.4. The van der Waals surface area contributed by atoms with Crippen molar-refractivity contribution in [2.75, 3.05) is 30.7 Å². The molecule has 0 atom stereocenters. The minimum atomic E-state index is 0.439. The molecule has 2 aromatic heterocycles. The van der Waals surface area contributed by atoms with Gasteiger partial charge < -0.3 is 10.1 Å². The Balaban J connectivity index is 1.06. The number of nitrogens with zero attached hydrogens (tertiary/aromatic N) is 6. The molecule has 0 aliphatic rings. The van der Waals surface area contributed by atoms with Crippen LogP contribution in [0, 0.1) is 0 Å². The van der Waals surface area contributed by atoms with Crippen molar-refractivity contribution in [2.24, 2.45) is 0 Å². The Labute approximate surface area is 208 Å². The number of ether oxygens (including phenoxy) is 1. The first-order chi connectivity index (χ1) is 16.7. The molecule has 0 bridgehead atoms. The van der Waals surface area contributed by atoms with Crippen LogP contribution in [-0.4, -0.2) is 49.5 Å². The first-order valence-electron chi connectivity index (χ1n) is 10.8. The molecular weight excluding hydrogens is 472 g/mol. The van der Waals surface area contributed by atoms with Crippen LogP contribution in [0.15, 0.2) is 71.5 Å². The molecular formula is C22H26N8O2S2. The summed E-state index contributed by atoms with van der Waals surface area (Å²) < 4.78 is 9.28. The van der Waals surface area contributed by atoms with Crippen LogP contribution in [-0.2, 0) is 9.57 Å². The van der Waals surface area contributed by atoms with Gasteiger partial charge in [0.05, 0.1) is 23.7 Å². The van der Waals surface area contributed by atoms with E-state index in [4.69, 9.17) is 9.57 Å². The fourth-order valence-electron chi connectivity index (χ4n) is 3.20. The molecule has 0 saturated heterocycles. The van der Waals surface area contributed by atoms with Crippen LogP contribution in [0.4, 0.5) is 11.4 Å². The molecule has 0 radical (unpaired) electrons. The lowest BCUT2D eigenvalue weighted by Crippen LogP contribution is -2.08. The zero-order chi connectivity index (χ0) is 23.6. The van der Waals surface area contributed by atoms with E-state index in [1.807, 2.05) is 48.5 Å². The molecule has 0 fully saturated rings. The molecule has 12 heteroatoms. The van der Waals surface area contributed by atoms with Crippen LogP contribution in [0.1, 0.15) is 19.3 Å². The summed E-state index contributed by atoms with van der Waals surface area (Å²) in [7, 11) is 0. The average Bonchev–Trinajstić information content (AvgIpc) is 3.48. The smallest absolute Gasteiger partial charge is 0.192 e. The van der Waals surface area contributed by atoms with Crippen LogP contribution in [0.5, 0.6) is 0 Å². The van der Waals surface area contributed by atoms with Crippen molar-refractivity contribution in [1.82, 2.24) is 29.5 Å². The number of hydrogen-bond donors (Lipinski definition) is 4. The fourth-order valence-corrected chi connectivity index (χ4v) is 3.64. The van der Waals surface area contributed by atoms with Gasteiger partial charge in [0, 0.05) is 12.3 Å². The van der Waals surface area contributed by atoms with Crippen molar-refractivity contribution >= 4 is 36.6 Å². The molecule has 0 amide bonds. The van der Waals surface area contributed by atoms with Crippen molar-refractivity contribution < 1.29 is 9.57 Å². The first-order valence-corrected chi connectivity index (χ1v) is 11.7. The predicted molar refractivity (Wildman–Crippen MR) is 135 cm³/mol. The lowest BCUT2D eigenvalue weighted by atomic mass is 10.2. The normalized spacial score (nSPS) is 11.0. The van der Waals surface area contributed by atoms with Gasteiger partial charge in [-0.3, -0.25) is 19.5 Å². The molecule has 2 aromatic carbocycles. The number of unbranched alkanes of at least 4 members (excludes halogenated alkanes) is 2. The number of aromatic nitrogens is 6. The van der Waals surface area contributed by atoms with E-state index in [1.54, 1.807) is 21.8 Å². The molecule has 10 nitrogen and oxygen atoms in total. The maximum absolute atomic E-state index is 5.69. The Morgan fingerprint density at radius 1 is 0.765 bits per heavy atom. The van der Waals surface area contributed by atoms with Gasteiger partial charge in [-0.1, -0.05) is 12.1 Å². The number of thiol groups is 2. The van der Waals surface area contributed by atoms with E-state index in [1.165, 1.54) is 0 Å². The van der Waals surface area contributed by atoms with Gasteiger partial charge in [-0.05, 0) is 55.7 Å². The molecule has 4 rings (SSSR count). The Kier molecular flexibility index (Phi) is 8.79. The number of nitrogens with one attached hydrogen (secondary N) is 2. The monoisotopic (exact) mass is 498 g/mol. The van der Waals surface area contributed by atoms with Gasteiger partial charge >= 0.3 is 0 Å². The lowest BCUT2D eigenvalue weighted by molar-refractivity contribution is 0.141. The Hall–Kier alpha value is -3.06. The summed E-state index contributed by atoms with van der Waals surface area (Å²) >= 11 is 8.58. The summed E-state index contributed by atoms with van der Waals surface area (Å²) in [5.74, 6) is 0. The largest absolute Gasteiger partial charge is 0.363 e. The van der Waals surface area contributed by atoms with Crippen molar-refractivity contribution in [3.05, 3.63) is 61.2 Å². The molecule has 34 heavy (non-hydrogen) atoms. The third-order valence-corrected chi connectivity index (χ3v) is 5.52. The SMILES string of the molecule is Sc1nncn1-c1cccc(NCOCCCCCONc2cccc(-n3cnnc3S)c2)c1. The minimum absolute atomic E-state index is 0.439. The van der Waals surface area contributed by atoms with Crippen LogP contribution < -0.4 is 10.8 Å². The van der Waals surface area contributed by atoms with E-state index in [0.29, 0.717) is 30.3 Å². The Bertz CT molecular complexity index is 1090. The van der Waals surface area contributed by atoms with Gasteiger partial charge in [0.2, 0.25) is 0 Å². The van der Waals surface area contributed by atoms with E-state index in [9.17, 15) is 0 Å². The van der Waals surface area contributed by atoms with E-state index >= 15 is 0 Å². The van der Waals surface area contributed by atoms with Gasteiger partial charge in [-0.25, -0.2) is 0 Å². The molecule has 0 saturated carbocycles. The number of hydrogen-bond acceptors (Lipinski definition) is 10. The summed E-state index contributed by atoms with van der Waals surface area (Å²) in [6.07, 6.45) is 6.16. The molecule has 2 heterocycles. The molecule has 4 aromatic rings. The van der Waals surface area contributed by atoms with Crippen LogP contribution >= 0.6 is 25.3 Å². The highest BCUT2D eigenvalue weighted by atomic mass is 32.1. The average molecular weight is 499 g/mol. The molecule has 0 aliphatic carbocycles. The van der Waals surface area contributed by atoms with Gasteiger partial charge in [0.25, 0.3) is 0 Å². The summed E-state index contributed by atoms with van der Waals surface area (Å²) in [6.45, 7) is 1.73. The van der Waals surface area contributed by atoms with Crippen molar-refractivity contribution in [2.45, 2.75) is 29.6 Å². The quantitative estimate of drug-likeness (QED) is 0.0948. The van der Waals surface area contributed by atoms with Crippen LogP contribution in [0.25, 0.3) is 11.4 Å². The Morgan fingerprint density at radius 2 is 1.38 bits per heavy atom. The highest BCUT2D eigenvalue weighted by molar-refractivity contribution is 7.80. The van der Waals surface area contributed by atoms with Gasteiger partial charge in [-0.15, -0.1) is 45.7 Å². The third-order valence-electron chi connectivity index (χ3n) is 4.91. The Morgan fingerprint density at radius 3 is 2.03 bits per heavy atom. The number of anilines is 2. The molecule has 2 N–H and O–H groups in total. The topological polar surface area (TPSA) is 104 Å². The van der Waals surface area contributed by atoms with E-state index in [2.05, 4.69) is 56.4 Å². The van der Waals surface area contributed by atoms with Crippen molar-refractivity contribution in [3.63, 3.8) is 0 Å². The van der Waals surface area contributed by atoms with E-state index in [0.717, 1.165) is 42.0 Å². The fraction of sp³-hybridized carbons (Fsp3) is 0.273. The van der Waals surface area contributed by atoms with Crippen molar-refractivity contribution in [1.29, 1.82) is 0 Å². The number of benzene rings is 2. The first kappa shape index (κ1) is 24.1. The minimum Gasteiger partial charge on any atom is -0.363 e. The lowest BCUT2D eigenvalue weighted by Gasteiger charge is -2.10. The second-order valence-corrected chi connectivity index (χ2v) is 8.14. The van der Waals surface area contributed by atoms with Crippen LogP contribution in [0.2, 0.25) is 0 Å². The van der Waals surface area contributed by atoms with E-state index < -0.39 is 0 Å². The summed E-state index contributed by atoms with van der Waals surface area (Å²) in [5, 5.41) is 19.8. The zero-order valence-electron chi connectivity index (χ0n) is 18.4. The maximum atomic E-state index is 5.69. The highest BCUT2D eigenvalue weighted by Gasteiger charge is 2.04. The molecule has 0 spiro atoms. The van der Waals surface area contributed by atoms with Crippen LogP contribution in [0.3, 0.4) is 0 Å². The van der Waals surface area contributed by atoms with Gasteiger partial charge in [-0.2, -0.15) is 0 Å². The third kappa shape index (κ3) is 6.73. The highest BCUT2D eigenvalue weighted by Crippen LogP contribution is 2.18. The molecule has 178 valence electrons. The predicted octanol–water partition coefficient (Wildman–Crippen LogP) is 4.03.